The molecular formula is C16H23N3S. The number of nitrogens with zero attached hydrogens (tertiary/aromatic N) is 1. The van der Waals surface area contributed by atoms with Gasteiger partial charge in [0.25, 0.3) is 0 Å². The average molecular weight is 289 g/mol. The molecule has 2 aliphatic rings. The second-order valence-corrected chi connectivity index (χ2v) is 6.77. The molecule has 0 aromatic heterocycles. The third kappa shape index (κ3) is 2.31. The van der Waals surface area contributed by atoms with Crippen LogP contribution in [0.15, 0.2) is 18.2 Å². The molecule has 1 saturated heterocycles. The third-order valence-corrected chi connectivity index (χ3v) is 4.97. The van der Waals surface area contributed by atoms with Gasteiger partial charge < -0.3 is 5.32 Å². The Morgan fingerprint density at radius 3 is 2.90 bits per heavy atom. The second-order valence-electron chi connectivity index (χ2n) is 6.38. The van der Waals surface area contributed by atoms with Gasteiger partial charge in [-0.2, -0.15) is 0 Å². The van der Waals surface area contributed by atoms with Gasteiger partial charge in [0.1, 0.15) is 5.66 Å². The van der Waals surface area contributed by atoms with Crippen molar-refractivity contribution in [1.29, 1.82) is 0 Å². The van der Waals surface area contributed by atoms with Gasteiger partial charge in [0.15, 0.2) is 5.11 Å². The second kappa shape index (κ2) is 5.01. The maximum absolute atomic E-state index is 5.57. The zero-order valence-electron chi connectivity index (χ0n) is 12.5. The Hall–Kier alpha value is -1.13. The highest BCUT2D eigenvalue weighted by atomic mass is 32.1. The lowest BCUT2D eigenvalue weighted by atomic mass is 9.83. The van der Waals surface area contributed by atoms with Crippen LogP contribution in [0.25, 0.3) is 0 Å². The van der Waals surface area contributed by atoms with E-state index in [4.69, 9.17) is 12.2 Å². The fourth-order valence-electron chi connectivity index (χ4n) is 3.47. The molecule has 1 heterocycles. The van der Waals surface area contributed by atoms with E-state index in [1.807, 2.05) is 0 Å². The van der Waals surface area contributed by atoms with E-state index in [1.54, 1.807) is 0 Å². The molecule has 3 rings (SSSR count). The van der Waals surface area contributed by atoms with E-state index in [0.717, 1.165) is 29.6 Å². The van der Waals surface area contributed by atoms with Gasteiger partial charge in [-0.1, -0.05) is 25.5 Å². The van der Waals surface area contributed by atoms with E-state index in [9.17, 15) is 0 Å². The lowest BCUT2D eigenvalue weighted by Crippen LogP contribution is -2.54. The minimum absolute atomic E-state index is 0.0368. The first-order chi connectivity index (χ1) is 9.51. The van der Waals surface area contributed by atoms with Gasteiger partial charge in [-0.25, -0.2) is 10.4 Å². The minimum Gasteiger partial charge on any atom is -0.342 e. The van der Waals surface area contributed by atoms with Crippen molar-refractivity contribution in [3.05, 3.63) is 29.3 Å². The number of hydrogen-bond donors (Lipinski definition) is 2. The fraction of sp³-hybridized carbons (Fsp3) is 0.562. The Labute approximate surface area is 126 Å². The predicted octanol–water partition coefficient (Wildman–Crippen LogP) is 3.41. The quantitative estimate of drug-likeness (QED) is 0.775. The molecule has 1 aromatic rings. The van der Waals surface area contributed by atoms with Crippen LogP contribution in [0.3, 0.4) is 0 Å². The van der Waals surface area contributed by atoms with E-state index in [2.05, 4.69) is 54.7 Å². The standard InChI is InChI=1S/C16H23N3S/c1-11-6-5-9-16(10-11)17-15(20)19(18-16)14-8-4-7-12(2)13(14)3/h4,7-8,11,18H,5-6,9-10H2,1-3H3,(H,17,20). The van der Waals surface area contributed by atoms with E-state index < -0.39 is 0 Å². The Kier molecular flexibility index (Phi) is 3.46. The first-order valence-corrected chi connectivity index (χ1v) is 7.88. The van der Waals surface area contributed by atoms with Crippen molar-refractivity contribution < 1.29 is 0 Å². The van der Waals surface area contributed by atoms with Gasteiger partial charge in [-0.3, -0.25) is 0 Å². The van der Waals surface area contributed by atoms with E-state index >= 15 is 0 Å². The number of rotatable bonds is 1. The Morgan fingerprint density at radius 2 is 2.15 bits per heavy atom. The topological polar surface area (TPSA) is 27.3 Å². The molecule has 0 amide bonds. The van der Waals surface area contributed by atoms with Crippen LogP contribution in [0, 0.1) is 19.8 Å². The molecule has 0 radical (unpaired) electrons. The van der Waals surface area contributed by atoms with Crippen molar-refractivity contribution in [2.45, 2.75) is 52.1 Å². The summed E-state index contributed by atoms with van der Waals surface area (Å²) in [6, 6.07) is 6.37. The van der Waals surface area contributed by atoms with Crippen molar-refractivity contribution in [3.8, 4) is 0 Å². The smallest absolute Gasteiger partial charge is 0.189 e. The van der Waals surface area contributed by atoms with Crippen molar-refractivity contribution in [2.24, 2.45) is 5.92 Å². The molecule has 3 nitrogen and oxygen atoms in total. The zero-order valence-corrected chi connectivity index (χ0v) is 13.3. The van der Waals surface area contributed by atoms with Crippen LogP contribution in [0.4, 0.5) is 5.69 Å². The molecule has 4 heteroatoms. The average Bonchev–Trinajstić information content (AvgIpc) is 2.69. The number of benzene rings is 1. The van der Waals surface area contributed by atoms with Crippen LogP contribution in [-0.4, -0.2) is 10.8 Å². The van der Waals surface area contributed by atoms with Crippen LogP contribution in [0.5, 0.6) is 0 Å². The predicted molar refractivity (Wildman–Crippen MR) is 87.6 cm³/mol. The highest BCUT2D eigenvalue weighted by Crippen LogP contribution is 2.35. The SMILES string of the molecule is Cc1cccc(N2NC3(CCCC(C)C3)NC2=S)c1C. The summed E-state index contributed by atoms with van der Waals surface area (Å²) in [5.74, 6) is 0.741. The molecule has 20 heavy (non-hydrogen) atoms. The highest BCUT2D eigenvalue weighted by Gasteiger charge is 2.43. The normalized spacial score (nSPS) is 29.9. The van der Waals surface area contributed by atoms with Crippen LogP contribution in [-0.2, 0) is 0 Å². The van der Waals surface area contributed by atoms with Gasteiger partial charge >= 0.3 is 0 Å². The van der Waals surface area contributed by atoms with E-state index in [0.29, 0.717) is 0 Å². The Morgan fingerprint density at radius 1 is 1.35 bits per heavy atom. The van der Waals surface area contributed by atoms with Gasteiger partial charge in [0, 0.05) is 0 Å². The monoisotopic (exact) mass is 289 g/mol. The number of thiocarbonyl (C=S) groups is 1. The summed E-state index contributed by atoms with van der Waals surface area (Å²) in [7, 11) is 0. The first kappa shape index (κ1) is 13.8. The fourth-order valence-corrected chi connectivity index (χ4v) is 3.81. The highest BCUT2D eigenvalue weighted by molar-refractivity contribution is 7.80. The summed E-state index contributed by atoms with van der Waals surface area (Å²) in [6.07, 6.45) is 4.85. The summed E-state index contributed by atoms with van der Waals surface area (Å²) in [5, 5.41) is 6.41. The van der Waals surface area contributed by atoms with Crippen LogP contribution >= 0.6 is 12.2 Å². The Bertz CT molecular complexity index is 543. The zero-order chi connectivity index (χ0) is 14.3. The number of anilines is 1. The number of hydrogen-bond acceptors (Lipinski definition) is 2. The van der Waals surface area contributed by atoms with Crippen LogP contribution in [0.2, 0.25) is 0 Å². The third-order valence-electron chi connectivity index (χ3n) is 4.69. The van der Waals surface area contributed by atoms with Gasteiger partial charge in [0.05, 0.1) is 5.69 Å². The molecule has 2 atom stereocenters. The maximum atomic E-state index is 5.57. The van der Waals surface area contributed by atoms with Crippen LogP contribution < -0.4 is 15.8 Å². The molecule has 1 aromatic carbocycles. The van der Waals surface area contributed by atoms with Gasteiger partial charge in [0.2, 0.25) is 0 Å². The molecule has 1 saturated carbocycles. The van der Waals surface area contributed by atoms with Crippen molar-refractivity contribution in [3.63, 3.8) is 0 Å². The molecule has 1 aliphatic heterocycles. The van der Waals surface area contributed by atoms with Gasteiger partial charge in [-0.15, -0.1) is 0 Å². The van der Waals surface area contributed by atoms with Crippen molar-refractivity contribution >= 4 is 23.0 Å². The first-order valence-electron chi connectivity index (χ1n) is 7.47. The molecule has 2 fully saturated rings. The number of hydrazine groups is 1. The van der Waals surface area contributed by atoms with Crippen LogP contribution in [0.1, 0.15) is 43.7 Å². The molecule has 2 unspecified atom stereocenters. The van der Waals surface area contributed by atoms with E-state index in [-0.39, 0.29) is 5.66 Å². The van der Waals surface area contributed by atoms with Gasteiger partial charge in [-0.05, 0) is 68.4 Å². The molecule has 2 N–H and O–H groups in total. The molecule has 1 aliphatic carbocycles. The summed E-state index contributed by atoms with van der Waals surface area (Å²) in [4.78, 5) is 0. The van der Waals surface area contributed by atoms with E-state index in [1.165, 1.54) is 24.0 Å². The molecule has 108 valence electrons. The molecular weight excluding hydrogens is 266 g/mol. The summed E-state index contributed by atoms with van der Waals surface area (Å²) in [5.41, 5.74) is 7.36. The van der Waals surface area contributed by atoms with Crippen molar-refractivity contribution in [1.82, 2.24) is 10.7 Å². The lowest BCUT2D eigenvalue weighted by molar-refractivity contribution is 0.191. The summed E-state index contributed by atoms with van der Waals surface area (Å²) < 4.78 is 0. The minimum atomic E-state index is -0.0368. The summed E-state index contributed by atoms with van der Waals surface area (Å²) >= 11 is 5.57. The lowest BCUT2D eigenvalue weighted by Gasteiger charge is -2.36. The summed E-state index contributed by atoms with van der Waals surface area (Å²) in [6.45, 7) is 6.63. The van der Waals surface area contributed by atoms with Crippen molar-refractivity contribution in [2.75, 3.05) is 5.01 Å². The maximum Gasteiger partial charge on any atom is 0.189 e. The molecule has 1 spiro atoms. The number of aryl methyl sites for hydroxylation is 1. The largest absolute Gasteiger partial charge is 0.342 e. The number of nitrogens with one attached hydrogen (secondary N) is 2. The molecule has 0 bridgehead atoms. The Balaban J connectivity index is 1.89.